The molecule has 1 N–H and O–H groups in total. The number of carbonyl (C=O) groups is 1. The van der Waals surface area contributed by atoms with Crippen LogP contribution >= 0.6 is 27.5 Å². The first-order valence-corrected chi connectivity index (χ1v) is 5.05. The van der Waals surface area contributed by atoms with Crippen LogP contribution in [0.2, 0.25) is 5.02 Å². The highest BCUT2D eigenvalue weighted by Gasteiger charge is 2.01. The molecule has 0 bridgehead atoms. The van der Waals surface area contributed by atoms with Crippen molar-refractivity contribution >= 4 is 39.2 Å². The third kappa shape index (κ3) is 3.55. The van der Waals surface area contributed by atoms with Crippen molar-refractivity contribution in [3.8, 4) is 0 Å². The number of anilines is 1. The molecule has 1 rings (SSSR count). The second kappa shape index (κ2) is 5.22. The normalized spacial score (nSPS) is 9.64. The Kier molecular flexibility index (Phi) is 4.22. The Morgan fingerprint density at radius 3 is 2.86 bits per heavy atom. The molecule has 0 unspecified atom stereocenters. The first kappa shape index (κ1) is 11.3. The van der Waals surface area contributed by atoms with Gasteiger partial charge < -0.3 is 10.1 Å². The molecule has 76 valence electrons. The Morgan fingerprint density at radius 1 is 1.57 bits per heavy atom. The predicted molar refractivity (Wildman–Crippen MR) is 59.7 cm³/mol. The van der Waals surface area contributed by atoms with E-state index >= 15 is 0 Å². The smallest absolute Gasteiger partial charge is 0.325 e. The minimum Gasteiger partial charge on any atom is -0.468 e. The number of ether oxygens (including phenoxy) is 1. The predicted octanol–water partition coefficient (Wildman–Crippen LogP) is 2.69. The lowest BCUT2D eigenvalue weighted by Gasteiger charge is -2.05. The summed E-state index contributed by atoms with van der Waals surface area (Å²) in [6, 6.07) is 5.33. The van der Waals surface area contributed by atoms with Crippen molar-refractivity contribution in [3.63, 3.8) is 0 Å². The van der Waals surface area contributed by atoms with Gasteiger partial charge >= 0.3 is 5.97 Å². The first-order chi connectivity index (χ1) is 6.61. The number of hydrogen-bond acceptors (Lipinski definition) is 3. The molecule has 0 fully saturated rings. The van der Waals surface area contributed by atoms with Gasteiger partial charge in [0.05, 0.1) is 7.11 Å². The maximum absolute atomic E-state index is 10.8. The van der Waals surface area contributed by atoms with Crippen molar-refractivity contribution < 1.29 is 9.53 Å². The fourth-order valence-electron chi connectivity index (χ4n) is 0.902. The molecule has 0 saturated carbocycles. The second-order valence-electron chi connectivity index (χ2n) is 2.59. The van der Waals surface area contributed by atoms with E-state index in [4.69, 9.17) is 11.6 Å². The second-order valence-corrected chi connectivity index (χ2v) is 3.94. The molecule has 14 heavy (non-hydrogen) atoms. The van der Waals surface area contributed by atoms with Gasteiger partial charge in [-0.1, -0.05) is 27.5 Å². The number of esters is 1. The summed E-state index contributed by atoms with van der Waals surface area (Å²) >= 11 is 9.11. The molecule has 0 aliphatic rings. The van der Waals surface area contributed by atoms with Crippen LogP contribution in [0.1, 0.15) is 0 Å². The number of benzene rings is 1. The van der Waals surface area contributed by atoms with Gasteiger partial charge in [0.15, 0.2) is 0 Å². The topological polar surface area (TPSA) is 38.3 Å². The van der Waals surface area contributed by atoms with Gasteiger partial charge in [0.1, 0.15) is 6.54 Å². The van der Waals surface area contributed by atoms with Crippen molar-refractivity contribution in [2.75, 3.05) is 19.0 Å². The zero-order chi connectivity index (χ0) is 10.6. The minimum atomic E-state index is -0.318. The van der Waals surface area contributed by atoms with Crippen LogP contribution in [0.5, 0.6) is 0 Å². The first-order valence-electron chi connectivity index (χ1n) is 3.88. The standard InChI is InChI=1S/C9H9BrClNO2/c1-14-9(13)5-12-8-3-6(10)2-7(11)4-8/h2-4,12H,5H2,1H3. The van der Waals surface area contributed by atoms with E-state index in [2.05, 4.69) is 26.0 Å². The molecule has 0 atom stereocenters. The van der Waals surface area contributed by atoms with E-state index in [1.165, 1.54) is 7.11 Å². The molecular formula is C9H9BrClNO2. The Labute approximate surface area is 95.5 Å². The highest BCUT2D eigenvalue weighted by atomic mass is 79.9. The lowest BCUT2D eigenvalue weighted by atomic mass is 10.3. The van der Waals surface area contributed by atoms with E-state index in [9.17, 15) is 4.79 Å². The molecular weight excluding hydrogens is 269 g/mol. The molecule has 1 aromatic carbocycles. The quantitative estimate of drug-likeness (QED) is 0.864. The molecule has 5 heteroatoms. The van der Waals surface area contributed by atoms with Crippen molar-refractivity contribution in [3.05, 3.63) is 27.7 Å². The number of rotatable bonds is 3. The van der Waals surface area contributed by atoms with E-state index in [-0.39, 0.29) is 12.5 Å². The van der Waals surface area contributed by atoms with Crippen molar-refractivity contribution in [1.82, 2.24) is 0 Å². The number of halogens is 2. The summed E-state index contributed by atoms with van der Waals surface area (Å²) in [6.45, 7) is 0.128. The van der Waals surface area contributed by atoms with E-state index in [0.717, 1.165) is 10.2 Å². The maximum Gasteiger partial charge on any atom is 0.325 e. The maximum atomic E-state index is 10.8. The fraction of sp³-hybridized carbons (Fsp3) is 0.222. The number of hydrogen-bond donors (Lipinski definition) is 1. The van der Waals surface area contributed by atoms with Gasteiger partial charge in [-0.05, 0) is 18.2 Å². The third-order valence-electron chi connectivity index (χ3n) is 1.53. The van der Waals surface area contributed by atoms with Crippen LogP contribution in [0.15, 0.2) is 22.7 Å². The van der Waals surface area contributed by atoms with E-state index < -0.39 is 0 Å². The number of carbonyl (C=O) groups excluding carboxylic acids is 1. The average molecular weight is 279 g/mol. The van der Waals surface area contributed by atoms with Crippen LogP contribution < -0.4 is 5.32 Å². The Balaban J connectivity index is 2.63. The van der Waals surface area contributed by atoms with Crippen LogP contribution in [-0.4, -0.2) is 19.6 Å². The fourth-order valence-corrected chi connectivity index (χ4v) is 1.76. The van der Waals surface area contributed by atoms with E-state index in [1.54, 1.807) is 12.1 Å². The molecule has 0 aromatic heterocycles. The molecule has 0 spiro atoms. The summed E-state index contributed by atoms with van der Waals surface area (Å²) in [5.41, 5.74) is 0.773. The lowest BCUT2D eigenvalue weighted by molar-refractivity contribution is -0.138. The molecule has 0 aliphatic carbocycles. The molecule has 3 nitrogen and oxygen atoms in total. The Hall–Kier alpha value is -0.740. The van der Waals surface area contributed by atoms with Gasteiger partial charge in [-0.25, -0.2) is 0 Å². The van der Waals surface area contributed by atoms with Gasteiger partial charge in [0.25, 0.3) is 0 Å². The monoisotopic (exact) mass is 277 g/mol. The zero-order valence-electron chi connectivity index (χ0n) is 7.51. The van der Waals surface area contributed by atoms with Gasteiger partial charge in [0.2, 0.25) is 0 Å². The largest absolute Gasteiger partial charge is 0.468 e. The number of nitrogens with one attached hydrogen (secondary N) is 1. The van der Waals surface area contributed by atoms with E-state index in [1.807, 2.05) is 6.07 Å². The van der Waals surface area contributed by atoms with Crippen molar-refractivity contribution in [2.45, 2.75) is 0 Å². The summed E-state index contributed by atoms with van der Waals surface area (Å²) in [6.07, 6.45) is 0. The molecule has 0 radical (unpaired) electrons. The van der Waals surface area contributed by atoms with Crippen LogP contribution in [0.4, 0.5) is 5.69 Å². The van der Waals surface area contributed by atoms with Gasteiger partial charge in [-0.15, -0.1) is 0 Å². The van der Waals surface area contributed by atoms with Crippen molar-refractivity contribution in [2.24, 2.45) is 0 Å². The minimum absolute atomic E-state index is 0.128. The molecule has 0 aliphatic heterocycles. The summed E-state index contributed by atoms with van der Waals surface area (Å²) in [7, 11) is 1.35. The van der Waals surface area contributed by atoms with Crippen LogP contribution in [0, 0.1) is 0 Å². The van der Waals surface area contributed by atoms with Crippen LogP contribution in [0.3, 0.4) is 0 Å². The van der Waals surface area contributed by atoms with Crippen molar-refractivity contribution in [1.29, 1.82) is 0 Å². The van der Waals surface area contributed by atoms with Gasteiger partial charge in [-0.3, -0.25) is 4.79 Å². The van der Waals surface area contributed by atoms with Crippen LogP contribution in [-0.2, 0) is 9.53 Å². The van der Waals surface area contributed by atoms with Gasteiger partial charge in [-0.2, -0.15) is 0 Å². The average Bonchev–Trinajstić information content (AvgIpc) is 2.12. The molecule has 0 heterocycles. The summed E-state index contributed by atoms with van der Waals surface area (Å²) in [5, 5.41) is 3.49. The SMILES string of the molecule is COC(=O)CNc1cc(Cl)cc(Br)c1. The molecule has 1 aromatic rings. The van der Waals surface area contributed by atoms with Gasteiger partial charge in [0, 0.05) is 15.2 Å². The highest BCUT2D eigenvalue weighted by Crippen LogP contribution is 2.22. The Morgan fingerprint density at radius 2 is 2.29 bits per heavy atom. The Bertz CT molecular complexity index is 323. The van der Waals surface area contributed by atoms with E-state index in [0.29, 0.717) is 5.02 Å². The summed E-state index contributed by atoms with van der Waals surface area (Å²) in [5.74, 6) is -0.318. The summed E-state index contributed by atoms with van der Waals surface area (Å²) < 4.78 is 5.34. The highest BCUT2D eigenvalue weighted by molar-refractivity contribution is 9.10. The zero-order valence-corrected chi connectivity index (χ0v) is 9.85. The summed E-state index contributed by atoms with van der Waals surface area (Å²) in [4.78, 5) is 10.8. The number of methoxy groups -OCH3 is 1. The lowest BCUT2D eigenvalue weighted by Crippen LogP contribution is -2.14. The third-order valence-corrected chi connectivity index (χ3v) is 2.20. The van der Waals surface area contributed by atoms with Crippen LogP contribution in [0.25, 0.3) is 0 Å². The molecule has 0 saturated heterocycles. The molecule has 0 amide bonds.